The summed E-state index contributed by atoms with van der Waals surface area (Å²) in [6, 6.07) is 15.8. The first-order valence-corrected chi connectivity index (χ1v) is 8.19. The average Bonchev–Trinajstić information content (AvgIpc) is 2.92. The number of aryl methyl sites for hydroxylation is 1. The van der Waals surface area contributed by atoms with Crippen LogP contribution in [-0.4, -0.2) is 16.2 Å². The number of carbonyl (C=O) groups excluding carboxylic acids is 1. The molecular weight excluding hydrogens is 332 g/mol. The zero-order valence-electron chi connectivity index (χ0n) is 13.8. The van der Waals surface area contributed by atoms with Gasteiger partial charge in [0.05, 0.1) is 11.1 Å². The van der Waals surface area contributed by atoms with Crippen LogP contribution in [-0.2, 0) is 10.3 Å². The van der Waals surface area contributed by atoms with E-state index in [4.69, 9.17) is 9.47 Å². The van der Waals surface area contributed by atoms with Gasteiger partial charge in [0.15, 0.2) is 17.1 Å². The van der Waals surface area contributed by atoms with Gasteiger partial charge in [0.2, 0.25) is 5.75 Å². The van der Waals surface area contributed by atoms with Crippen molar-refractivity contribution in [2.24, 2.45) is 0 Å². The van der Waals surface area contributed by atoms with E-state index in [-0.39, 0.29) is 17.2 Å². The largest absolute Gasteiger partial charge is 0.504 e. The summed E-state index contributed by atoms with van der Waals surface area (Å²) >= 11 is 0. The van der Waals surface area contributed by atoms with E-state index >= 15 is 0 Å². The van der Waals surface area contributed by atoms with Gasteiger partial charge in [0.25, 0.3) is 0 Å². The minimum atomic E-state index is -1.23. The lowest BCUT2D eigenvalue weighted by Crippen LogP contribution is -2.33. The number of hydrogen-bond acceptors (Lipinski definition) is 5. The van der Waals surface area contributed by atoms with Gasteiger partial charge in [-0.05, 0) is 36.8 Å². The third kappa shape index (κ3) is 1.67. The Bertz CT molecular complexity index is 1100. The molecule has 5 heteroatoms. The molecule has 0 aromatic heterocycles. The average molecular weight is 346 g/mol. The first kappa shape index (κ1) is 14.8. The lowest BCUT2D eigenvalue weighted by molar-refractivity contribution is 0.0222. The van der Waals surface area contributed by atoms with Gasteiger partial charge in [-0.15, -0.1) is 0 Å². The topological polar surface area (TPSA) is 76.0 Å². The summed E-state index contributed by atoms with van der Waals surface area (Å²) in [4.78, 5) is 12.6. The summed E-state index contributed by atoms with van der Waals surface area (Å²) in [5.74, 6) is -0.551. The molecule has 1 unspecified atom stereocenters. The van der Waals surface area contributed by atoms with Crippen molar-refractivity contribution in [1.82, 2.24) is 0 Å². The second-order valence-corrected chi connectivity index (χ2v) is 6.53. The van der Waals surface area contributed by atoms with Crippen molar-refractivity contribution in [3.05, 3.63) is 82.4 Å². The maximum atomic E-state index is 12.6. The van der Waals surface area contributed by atoms with Crippen molar-refractivity contribution < 1.29 is 24.5 Å². The molecule has 0 aliphatic carbocycles. The standard InChI is InChI=1S/C21H14O5/c1-11-6-7-14-17(10-11)25-19-15(8-9-16(22)18(19)23)21(14)13-5-3-2-4-12(13)20(24)26-21/h2-10,22-23H,1H3. The van der Waals surface area contributed by atoms with E-state index in [0.29, 0.717) is 28.0 Å². The van der Waals surface area contributed by atoms with Crippen molar-refractivity contribution in [3.8, 4) is 23.0 Å². The van der Waals surface area contributed by atoms with Crippen LogP contribution in [0.25, 0.3) is 0 Å². The smallest absolute Gasteiger partial charge is 0.340 e. The second-order valence-electron chi connectivity index (χ2n) is 6.53. The normalized spacial score (nSPS) is 19.3. The molecule has 26 heavy (non-hydrogen) atoms. The van der Waals surface area contributed by atoms with Gasteiger partial charge in [-0.25, -0.2) is 4.79 Å². The predicted octanol–water partition coefficient (Wildman–Crippen LogP) is 3.97. The molecule has 2 heterocycles. The number of carbonyl (C=O) groups is 1. The van der Waals surface area contributed by atoms with Crippen LogP contribution in [0, 0.1) is 6.92 Å². The monoisotopic (exact) mass is 346 g/mol. The van der Waals surface area contributed by atoms with Gasteiger partial charge < -0.3 is 19.7 Å². The third-order valence-corrected chi connectivity index (χ3v) is 4.99. The molecule has 0 saturated carbocycles. The fourth-order valence-corrected chi connectivity index (χ4v) is 3.82. The van der Waals surface area contributed by atoms with E-state index < -0.39 is 11.6 Å². The molecule has 1 spiro atoms. The van der Waals surface area contributed by atoms with Crippen LogP contribution >= 0.6 is 0 Å². The number of rotatable bonds is 0. The fraction of sp³-hybridized carbons (Fsp3) is 0.0952. The number of fused-ring (bicyclic) bond motifs is 6. The molecule has 0 bridgehead atoms. The van der Waals surface area contributed by atoms with Gasteiger partial charge in [0.1, 0.15) is 5.75 Å². The first-order chi connectivity index (χ1) is 12.5. The molecule has 5 nitrogen and oxygen atoms in total. The van der Waals surface area contributed by atoms with Crippen LogP contribution < -0.4 is 4.74 Å². The van der Waals surface area contributed by atoms with Gasteiger partial charge in [-0.2, -0.15) is 0 Å². The third-order valence-electron chi connectivity index (χ3n) is 4.99. The van der Waals surface area contributed by atoms with E-state index in [0.717, 1.165) is 5.56 Å². The number of phenolic OH excluding ortho intramolecular Hbond substituents is 2. The lowest BCUT2D eigenvalue weighted by atomic mass is 9.77. The van der Waals surface area contributed by atoms with Crippen molar-refractivity contribution in [2.45, 2.75) is 12.5 Å². The quantitative estimate of drug-likeness (QED) is 0.476. The highest BCUT2D eigenvalue weighted by atomic mass is 16.6. The summed E-state index contributed by atoms with van der Waals surface area (Å²) in [6.45, 7) is 1.92. The molecule has 0 saturated heterocycles. The summed E-state index contributed by atoms with van der Waals surface area (Å²) in [6.07, 6.45) is 0. The Morgan fingerprint density at radius 2 is 1.69 bits per heavy atom. The zero-order chi connectivity index (χ0) is 18.1. The molecule has 3 aromatic rings. The molecule has 3 aromatic carbocycles. The van der Waals surface area contributed by atoms with Crippen LogP contribution in [0.1, 0.15) is 32.6 Å². The minimum Gasteiger partial charge on any atom is -0.504 e. The summed E-state index contributed by atoms with van der Waals surface area (Å²) in [5, 5.41) is 20.3. The summed E-state index contributed by atoms with van der Waals surface area (Å²) < 4.78 is 11.8. The van der Waals surface area contributed by atoms with E-state index in [1.807, 2.05) is 37.3 Å². The van der Waals surface area contributed by atoms with E-state index in [2.05, 4.69) is 0 Å². The number of phenols is 2. The lowest BCUT2D eigenvalue weighted by Gasteiger charge is -2.36. The van der Waals surface area contributed by atoms with Crippen molar-refractivity contribution >= 4 is 5.97 Å². The first-order valence-electron chi connectivity index (χ1n) is 8.19. The maximum Gasteiger partial charge on any atom is 0.340 e. The number of esters is 1. The molecule has 0 fully saturated rings. The Hall–Kier alpha value is -3.47. The fourth-order valence-electron chi connectivity index (χ4n) is 3.82. The zero-order valence-corrected chi connectivity index (χ0v) is 13.8. The molecule has 2 N–H and O–H groups in total. The van der Waals surface area contributed by atoms with Crippen LogP contribution in [0.4, 0.5) is 0 Å². The maximum absolute atomic E-state index is 12.6. The number of ether oxygens (including phenoxy) is 2. The van der Waals surface area contributed by atoms with Crippen molar-refractivity contribution in [1.29, 1.82) is 0 Å². The van der Waals surface area contributed by atoms with Gasteiger partial charge in [-0.1, -0.05) is 30.3 Å². The molecule has 128 valence electrons. The van der Waals surface area contributed by atoms with E-state index in [1.54, 1.807) is 18.2 Å². The molecule has 0 amide bonds. The SMILES string of the molecule is Cc1ccc2c(c1)Oc1c(ccc(O)c1O)C21OC(=O)c2ccccc21. The van der Waals surface area contributed by atoms with Crippen LogP contribution in [0.15, 0.2) is 54.6 Å². The number of benzene rings is 3. The molecule has 0 radical (unpaired) electrons. The number of aromatic hydroxyl groups is 2. The molecule has 2 aliphatic rings. The van der Waals surface area contributed by atoms with Gasteiger partial charge in [0, 0.05) is 11.1 Å². The Morgan fingerprint density at radius 3 is 2.54 bits per heavy atom. The van der Waals surface area contributed by atoms with Gasteiger partial charge in [-0.3, -0.25) is 0 Å². The Balaban J connectivity index is 1.93. The van der Waals surface area contributed by atoms with Crippen molar-refractivity contribution in [2.75, 3.05) is 0 Å². The van der Waals surface area contributed by atoms with Crippen LogP contribution in [0.5, 0.6) is 23.0 Å². The second kappa shape index (κ2) is 4.79. The Labute approximate surface area is 149 Å². The summed E-state index contributed by atoms with van der Waals surface area (Å²) in [5.41, 5.74) is 2.04. The highest BCUT2D eigenvalue weighted by molar-refractivity contribution is 5.97. The van der Waals surface area contributed by atoms with Gasteiger partial charge >= 0.3 is 5.97 Å². The molecule has 5 rings (SSSR count). The Morgan fingerprint density at radius 1 is 0.923 bits per heavy atom. The minimum absolute atomic E-state index is 0.0904. The summed E-state index contributed by atoms with van der Waals surface area (Å²) in [7, 11) is 0. The van der Waals surface area contributed by atoms with E-state index in [1.165, 1.54) is 6.07 Å². The predicted molar refractivity (Wildman–Crippen MR) is 92.8 cm³/mol. The highest BCUT2D eigenvalue weighted by Crippen LogP contribution is 2.59. The molecule has 1 atom stereocenters. The van der Waals surface area contributed by atoms with Crippen LogP contribution in [0.3, 0.4) is 0 Å². The Kier molecular flexibility index (Phi) is 2.73. The van der Waals surface area contributed by atoms with Crippen LogP contribution in [0.2, 0.25) is 0 Å². The molecule has 2 aliphatic heterocycles. The van der Waals surface area contributed by atoms with E-state index in [9.17, 15) is 15.0 Å². The highest BCUT2D eigenvalue weighted by Gasteiger charge is 2.54. The number of hydrogen-bond donors (Lipinski definition) is 2. The molecular formula is C21H14O5. The van der Waals surface area contributed by atoms with Crippen molar-refractivity contribution in [3.63, 3.8) is 0 Å².